The molecule has 4 heteroatoms. The number of amides is 2. The molecular formula is C17H18N2O2. The largest absolute Gasteiger partial charge is 0.331 e. The summed E-state index contributed by atoms with van der Waals surface area (Å²) >= 11 is 0. The Labute approximate surface area is 124 Å². The summed E-state index contributed by atoms with van der Waals surface area (Å²) in [6, 6.07) is 14.6. The molecule has 2 aromatic carbocycles. The van der Waals surface area contributed by atoms with E-state index in [2.05, 4.69) is 10.6 Å². The lowest BCUT2D eigenvalue weighted by atomic mass is 10.1. The molecule has 0 radical (unpaired) electrons. The van der Waals surface area contributed by atoms with E-state index >= 15 is 0 Å². The van der Waals surface area contributed by atoms with Gasteiger partial charge >= 0.3 is 6.03 Å². The Balaban J connectivity index is 2.04. The van der Waals surface area contributed by atoms with Crippen LogP contribution in [0.5, 0.6) is 0 Å². The van der Waals surface area contributed by atoms with Crippen molar-refractivity contribution in [2.45, 2.75) is 19.9 Å². The van der Waals surface area contributed by atoms with Gasteiger partial charge in [0, 0.05) is 11.3 Å². The van der Waals surface area contributed by atoms with Crippen LogP contribution in [0.2, 0.25) is 0 Å². The van der Waals surface area contributed by atoms with Gasteiger partial charge in [-0.25, -0.2) is 4.79 Å². The minimum atomic E-state index is -0.294. The van der Waals surface area contributed by atoms with Crippen LogP contribution >= 0.6 is 0 Å². The zero-order valence-electron chi connectivity index (χ0n) is 12.1. The highest BCUT2D eigenvalue weighted by molar-refractivity contribution is 5.92. The van der Waals surface area contributed by atoms with Crippen LogP contribution < -0.4 is 10.6 Å². The molecule has 2 amide bonds. The van der Waals surface area contributed by atoms with E-state index in [1.54, 1.807) is 25.1 Å². The van der Waals surface area contributed by atoms with Crippen LogP contribution in [0, 0.1) is 6.92 Å². The number of hydrogen-bond donors (Lipinski definition) is 2. The van der Waals surface area contributed by atoms with Crippen LogP contribution in [0.4, 0.5) is 10.5 Å². The molecule has 0 aliphatic rings. The quantitative estimate of drug-likeness (QED) is 0.840. The molecule has 0 bridgehead atoms. The van der Waals surface area contributed by atoms with E-state index in [0.29, 0.717) is 11.3 Å². The molecule has 0 aromatic heterocycles. The Bertz CT molecular complexity index is 638. The Hall–Kier alpha value is -2.62. The van der Waals surface area contributed by atoms with Gasteiger partial charge in [-0.2, -0.15) is 0 Å². The lowest BCUT2D eigenvalue weighted by molar-refractivity contribution is 0.112. The van der Waals surface area contributed by atoms with E-state index in [1.165, 1.54) is 0 Å². The smallest absolute Gasteiger partial charge is 0.319 e. The Kier molecular flexibility index (Phi) is 4.72. The Morgan fingerprint density at radius 2 is 1.81 bits per heavy atom. The van der Waals surface area contributed by atoms with E-state index in [0.717, 1.165) is 17.4 Å². The van der Waals surface area contributed by atoms with Gasteiger partial charge in [0.2, 0.25) is 0 Å². The van der Waals surface area contributed by atoms with E-state index in [-0.39, 0.29) is 12.1 Å². The lowest BCUT2D eigenvalue weighted by Gasteiger charge is -2.16. The maximum Gasteiger partial charge on any atom is 0.319 e. The molecule has 108 valence electrons. The fraction of sp³-hybridized carbons (Fsp3) is 0.176. The van der Waals surface area contributed by atoms with Crippen LogP contribution in [-0.4, -0.2) is 12.3 Å². The first-order valence-electron chi connectivity index (χ1n) is 6.79. The van der Waals surface area contributed by atoms with Crippen molar-refractivity contribution in [1.82, 2.24) is 5.32 Å². The maximum atomic E-state index is 12.0. The van der Waals surface area contributed by atoms with Gasteiger partial charge in [-0.15, -0.1) is 0 Å². The minimum absolute atomic E-state index is 0.0965. The average molecular weight is 282 g/mol. The monoisotopic (exact) mass is 282 g/mol. The molecule has 0 saturated heterocycles. The van der Waals surface area contributed by atoms with Crippen molar-refractivity contribution in [3.63, 3.8) is 0 Å². The molecule has 2 N–H and O–H groups in total. The first-order chi connectivity index (χ1) is 10.1. The van der Waals surface area contributed by atoms with Gasteiger partial charge in [-0.1, -0.05) is 42.5 Å². The Morgan fingerprint density at radius 3 is 2.48 bits per heavy atom. The highest BCUT2D eigenvalue weighted by Gasteiger charge is 2.11. The SMILES string of the molecule is Cc1c(C=O)cccc1NC(=O)N[C@H](C)c1ccccc1. The first-order valence-corrected chi connectivity index (χ1v) is 6.79. The van der Waals surface area contributed by atoms with Gasteiger partial charge in [0.1, 0.15) is 6.29 Å². The van der Waals surface area contributed by atoms with Gasteiger partial charge in [-0.3, -0.25) is 4.79 Å². The predicted molar refractivity (Wildman–Crippen MR) is 83.6 cm³/mol. The number of benzene rings is 2. The molecule has 0 saturated carbocycles. The summed E-state index contributed by atoms with van der Waals surface area (Å²) in [7, 11) is 0. The number of hydrogen-bond acceptors (Lipinski definition) is 2. The maximum absolute atomic E-state index is 12.0. The summed E-state index contributed by atoms with van der Waals surface area (Å²) in [6.45, 7) is 3.73. The number of carbonyl (C=O) groups is 2. The van der Waals surface area contributed by atoms with Crippen LogP contribution in [-0.2, 0) is 0 Å². The first kappa shape index (κ1) is 14.8. The van der Waals surface area contributed by atoms with Gasteiger partial charge < -0.3 is 10.6 Å². The van der Waals surface area contributed by atoms with Gasteiger partial charge in [-0.05, 0) is 31.0 Å². The number of anilines is 1. The van der Waals surface area contributed by atoms with E-state index in [4.69, 9.17) is 0 Å². The van der Waals surface area contributed by atoms with Crippen LogP contribution in [0.1, 0.15) is 34.5 Å². The number of urea groups is 1. The van der Waals surface area contributed by atoms with Crippen LogP contribution in [0.25, 0.3) is 0 Å². The van der Waals surface area contributed by atoms with Crippen molar-refractivity contribution >= 4 is 18.0 Å². The van der Waals surface area contributed by atoms with Crippen molar-refractivity contribution in [1.29, 1.82) is 0 Å². The third kappa shape index (κ3) is 3.69. The molecule has 0 aliphatic heterocycles. The second-order valence-electron chi connectivity index (χ2n) is 4.87. The number of nitrogens with one attached hydrogen (secondary N) is 2. The predicted octanol–water partition coefficient (Wildman–Crippen LogP) is 3.69. The highest BCUT2D eigenvalue weighted by atomic mass is 16.2. The molecule has 0 heterocycles. The van der Waals surface area contributed by atoms with Crippen molar-refractivity contribution in [3.05, 3.63) is 65.2 Å². The molecular weight excluding hydrogens is 264 g/mol. The summed E-state index contributed by atoms with van der Waals surface area (Å²) in [6.07, 6.45) is 0.783. The molecule has 0 aliphatic carbocycles. The zero-order chi connectivity index (χ0) is 15.2. The number of rotatable bonds is 4. The zero-order valence-corrected chi connectivity index (χ0v) is 12.1. The third-order valence-electron chi connectivity index (χ3n) is 3.40. The standard InChI is InChI=1S/C17H18N2O2/c1-12-15(11-20)9-6-10-16(12)19-17(21)18-13(2)14-7-4-3-5-8-14/h3-11,13H,1-2H3,(H2,18,19,21)/t13-/m1/s1. The molecule has 4 nitrogen and oxygen atoms in total. The molecule has 0 fully saturated rings. The third-order valence-corrected chi connectivity index (χ3v) is 3.40. The van der Waals surface area contributed by atoms with Crippen molar-refractivity contribution in [2.24, 2.45) is 0 Å². The van der Waals surface area contributed by atoms with Crippen molar-refractivity contribution < 1.29 is 9.59 Å². The Morgan fingerprint density at radius 1 is 1.10 bits per heavy atom. The fourth-order valence-electron chi connectivity index (χ4n) is 2.10. The van der Waals surface area contributed by atoms with Crippen LogP contribution in [0.3, 0.4) is 0 Å². The number of aldehydes is 1. The number of carbonyl (C=O) groups excluding carboxylic acids is 2. The van der Waals surface area contributed by atoms with Crippen molar-refractivity contribution in [3.8, 4) is 0 Å². The summed E-state index contributed by atoms with van der Waals surface area (Å²) < 4.78 is 0. The average Bonchev–Trinajstić information content (AvgIpc) is 2.50. The van der Waals surface area contributed by atoms with Gasteiger partial charge in [0.05, 0.1) is 6.04 Å². The molecule has 2 rings (SSSR count). The van der Waals surface area contributed by atoms with E-state index in [9.17, 15) is 9.59 Å². The van der Waals surface area contributed by atoms with E-state index in [1.807, 2.05) is 37.3 Å². The van der Waals surface area contributed by atoms with Crippen molar-refractivity contribution in [2.75, 3.05) is 5.32 Å². The molecule has 0 spiro atoms. The summed E-state index contributed by atoms with van der Waals surface area (Å²) in [4.78, 5) is 22.9. The minimum Gasteiger partial charge on any atom is -0.331 e. The second kappa shape index (κ2) is 6.70. The second-order valence-corrected chi connectivity index (χ2v) is 4.87. The lowest BCUT2D eigenvalue weighted by Crippen LogP contribution is -2.31. The normalized spacial score (nSPS) is 11.5. The fourth-order valence-corrected chi connectivity index (χ4v) is 2.10. The van der Waals surface area contributed by atoms with Crippen LogP contribution in [0.15, 0.2) is 48.5 Å². The molecule has 0 unspecified atom stereocenters. The molecule has 21 heavy (non-hydrogen) atoms. The molecule has 1 atom stereocenters. The topological polar surface area (TPSA) is 58.2 Å². The van der Waals surface area contributed by atoms with Gasteiger partial charge in [0.25, 0.3) is 0 Å². The molecule has 2 aromatic rings. The summed E-state index contributed by atoms with van der Waals surface area (Å²) in [5.41, 5.74) is 3.00. The van der Waals surface area contributed by atoms with Gasteiger partial charge in [0.15, 0.2) is 0 Å². The summed E-state index contributed by atoms with van der Waals surface area (Å²) in [5.74, 6) is 0. The van der Waals surface area contributed by atoms with E-state index < -0.39 is 0 Å². The highest BCUT2D eigenvalue weighted by Crippen LogP contribution is 2.18. The summed E-state index contributed by atoms with van der Waals surface area (Å²) in [5, 5.41) is 5.65.